The summed E-state index contributed by atoms with van der Waals surface area (Å²) in [7, 11) is -2.74. The highest BCUT2D eigenvalue weighted by atomic mass is 32.2. The smallest absolute Gasteiger partial charge is 0.346 e. The van der Waals surface area contributed by atoms with Gasteiger partial charge in [-0.15, -0.1) is 5.11 Å². The van der Waals surface area contributed by atoms with Crippen LogP contribution in [0.25, 0.3) is 0 Å². The van der Waals surface area contributed by atoms with Crippen molar-refractivity contribution < 1.29 is 31.0 Å². The number of hydrogen-bond acceptors (Lipinski definition) is 5. The number of rotatable bonds is 6. The monoisotopic (exact) mass is 542 g/mol. The largest absolute Gasteiger partial charge is 0.416 e. The number of hydrogen-bond donors (Lipinski definition) is 1. The minimum absolute atomic E-state index is 0.141. The molecule has 1 aliphatic heterocycles. The number of carbonyl (C=O) groups excluding carboxylic acids is 1. The van der Waals surface area contributed by atoms with Crippen molar-refractivity contribution in [2.75, 3.05) is 13.6 Å². The fourth-order valence-electron chi connectivity index (χ4n) is 3.70. The van der Waals surface area contributed by atoms with E-state index in [-0.39, 0.29) is 22.5 Å². The molecule has 1 aliphatic rings. The number of alkyl halides is 5. The Morgan fingerprint density at radius 2 is 1.73 bits per heavy atom. The quantitative estimate of drug-likeness (QED) is 0.421. The number of benzene rings is 2. The number of aryl methyl sites for hydroxylation is 2. The lowest BCUT2D eigenvalue weighted by Crippen LogP contribution is -2.38. The van der Waals surface area contributed by atoms with Crippen molar-refractivity contribution in [3.8, 4) is 0 Å². The summed E-state index contributed by atoms with van der Waals surface area (Å²) in [5.74, 6) is -4.40. The third kappa shape index (κ3) is 6.06. The average molecular weight is 543 g/mol. The Bertz CT molecular complexity index is 1400. The third-order valence-electron chi connectivity index (χ3n) is 5.95. The fraction of sp³-hybridized carbons (Fsp3) is 0.400. The highest BCUT2D eigenvalue weighted by Gasteiger charge is 2.38. The number of carbonyl (C=O) groups is 1. The summed E-state index contributed by atoms with van der Waals surface area (Å²) in [6.07, 6.45) is -4.85. The van der Waals surface area contributed by atoms with E-state index in [0.29, 0.717) is 11.6 Å². The van der Waals surface area contributed by atoms with Crippen LogP contribution < -0.4 is 5.32 Å². The molecule has 200 valence electrons. The Morgan fingerprint density at radius 1 is 1.05 bits per heavy atom. The van der Waals surface area contributed by atoms with E-state index in [9.17, 15) is 31.0 Å². The Morgan fingerprint density at radius 3 is 2.32 bits per heavy atom. The maximum absolute atomic E-state index is 14.9. The van der Waals surface area contributed by atoms with Gasteiger partial charge in [0, 0.05) is 19.0 Å². The van der Waals surface area contributed by atoms with E-state index in [1.807, 2.05) is 0 Å². The van der Waals surface area contributed by atoms with Gasteiger partial charge in [-0.1, -0.05) is 18.2 Å². The Hall–Kier alpha value is -3.15. The Kier molecular flexibility index (Phi) is 7.65. The number of halogens is 5. The first-order valence-electron chi connectivity index (χ1n) is 11.2. The van der Waals surface area contributed by atoms with Gasteiger partial charge in [-0.3, -0.25) is 4.79 Å². The Balaban J connectivity index is 2.03. The predicted octanol–water partition coefficient (Wildman–Crippen LogP) is 6.53. The van der Waals surface area contributed by atoms with Crippen molar-refractivity contribution in [2.45, 2.75) is 56.6 Å². The molecule has 1 atom stereocenters. The molecular weight excluding hydrogens is 515 g/mol. The minimum Gasteiger partial charge on any atom is -0.346 e. The zero-order valence-corrected chi connectivity index (χ0v) is 21.7. The van der Waals surface area contributed by atoms with Crippen LogP contribution in [0.15, 0.2) is 72.6 Å². The molecule has 0 aromatic heterocycles. The summed E-state index contributed by atoms with van der Waals surface area (Å²) < 4.78 is 87.5. The SMILES string of the molecule is CN=S(=O)(C1=C(C(=O)NCC(F)(F)c2ccc(C)c(C)c2)CC(C)(C)N=N1)c1cccc(C(F)(F)F)c1. The van der Waals surface area contributed by atoms with Gasteiger partial charge in [0.1, 0.15) is 9.73 Å². The molecule has 0 aliphatic carbocycles. The van der Waals surface area contributed by atoms with Gasteiger partial charge >= 0.3 is 6.18 Å². The van der Waals surface area contributed by atoms with E-state index in [1.165, 1.54) is 18.2 Å². The first-order chi connectivity index (χ1) is 17.0. The lowest BCUT2D eigenvalue weighted by Gasteiger charge is -2.27. The normalized spacial score (nSPS) is 17.4. The number of nitrogens with one attached hydrogen (secondary N) is 1. The topological polar surface area (TPSA) is 83.2 Å². The van der Waals surface area contributed by atoms with Crippen molar-refractivity contribution in [1.29, 1.82) is 0 Å². The van der Waals surface area contributed by atoms with Crippen molar-refractivity contribution in [1.82, 2.24) is 5.32 Å². The molecular formula is C25H27F5N4O2S. The fourth-order valence-corrected chi connectivity index (χ4v) is 5.51. The van der Waals surface area contributed by atoms with Gasteiger partial charge < -0.3 is 5.32 Å². The first-order valence-corrected chi connectivity index (χ1v) is 12.7. The second-order valence-corrected chi connectivity index (χ2v) is 11.7. The van der Waals surface area contributed by atoms with Gasteiger partial charge in [-0.25, -0.2) is 8.57 Å². The average Bonchev–Trinajstić information content (AvgIpc) is 2.82. The number of azo groups is 1. The van der Waals surface area contributed by atoms with E-state index < -0.39 is 50.4 Å². The summed E-state index contributed by atoms with van der Waals surface area (Å²) >= 11 is 0. The minimum atomic E-state index is -4.71. The molecule has 1 heterocycles. The van der Waals surface area contributed by atoms with E-state index in [4.69, 9.17) is 0 Å². The molecule has 0 radical (unpaired) electrons. The van der Waals surface area contributed by atoms with Gasteiger partial charge in [0.05, 0.1) is 28.1 Å². The van der Waals surface area contributed by atoms with Crippen LogP contribution in [0.3, 0.4) is 0 Å². The van der Waals surface area contributed by atoms with E-state index in [2.05, 4.69) is 19.9 Å². The molecule has 2 aromatic carbocycles. The summed E-state index contributed by atoms with van der Waals surface area (Å²) in [6.45, 7) is 5.67. The van der Waals surface area contributed by atoms with Crippen molar-refractivity contribution in [2.24, 2.45) is 14.6 Å². The summed E-state index contributed by atoms with van der Waals surface area (Å²) in [6, 6.07) is 7.88. The van der Waals surface area contributed by atoms with Crippen LogP contribution in [0.1, 0.15) is 42.5 Å². The lowest BCUT2D eigenvalue weighted by molar-refractivity contribution is -0.137. The molecule has 6 nitrogen and oxygen atoms in total. The van der Waals surface area contributed by atoms with Gasteiger partial charge in [0.15, 0.2) is 5.03 Å². The van der Waals surface area contributed by atoms with Crippen LogP contribution in [-0.4, -0.2) is 29.2 Å². The number of nitrogens with zero attached hydrogens (tertiary/aromatic N) is 3. The molecule has 1 unspecified atom stereocenters. The summed E-state index contributed by atoms with van der Waals surface area (Å²) in [4.78, 5) is 12.8. The molecule has 0 saturated heterocycles. The van der Waals surface area contributed by atoms with Crippen LogP contribution >= 0.6 is 0 Å². The molecule has 1 N–H and O–H groups in total. The van der Waals surface area contributed by atoms with Crippen molar-refractivity contribution in [3.63, 3.8) is 0 Å². The van der Waals surface area contributed by atoms with E-state index in [0.717, 1.165) is 24.7 Å². The molecule has 3 rings (SSSR count). The summed E-state index contributed by atoms with van der Waals surface area (Å²) in [5, 5.41) is 9.69. The highest BCUT2D eigenvalue weighted by molar-refractivity contribution is 7.97. The summed E-state index contributed by atoms with van der Waals surface area (Å²) in [5.41, 5.74) is -1.04. The molecule has 0 spiro atoms. The number of amides is 1. The van der Waals surface area contributed by atoms with Crippen LogP contribution in [0.2, 0.25) is 0 Å². The molecule has 0 bridgehead atoms. The second kappa shape index (κ2) is 9.96. The van der Waals surface area contributed by atoms with Crippen LogP contribution in [0.5, 0.6) is 0 Å². The Labute approximate surface area is 212 Å². The maximum atomic E-state index is 14.9. The molecule has 0 fully saturated rings. The van der Waals surface area contributed by atoms with Gasteiger partial charge in [-0.2, -0.15) is 27.1 Å². The van der Waals surface area contributed by atoms with E-state index in [1.54, 1.807) is 33.8 Å². The van der Waals surface area contributed by atoms with Crippen molar-refractivity contribution >= 4 is 15.6 Å². The zero-order chi connectivity index (χ0) is 27.8. The molecule has 0 saturated carbocycles. The molecule has 2 aromatic rings. The molecule has 1 amide bonds. The zero-order valence-electron chi connectivity index (χ0n) is 20.9. The van der Waals surface area contributed by atoms with Crippen LogP contribution in [0.4, 0.5) is 22.0 Å². The first kappa shape index (κ1) is 28.4. The predicted molar refractivity (Wildman–Crippen MR) is 130 cm³/mol. The van der Waals surface area contributed by atoms with E-state index >= 15 is 0 Å². The molecule has 37 heavy (non-hydrogen) atoms. The second-order valence-electron chi connectivity index (χ2n) is 9.39. The van der Waals surface area contributed by atoms with Crippen molar-refractivity contribution in [3.05, 3.63) is 75.3 Å². The highest BCUT2D eigenvalue weighted by Crippen LogP contribution is 2.38. The standard InChI is InChI=1S/C25H27F5N4O2S/c1-15-9-10-17(11-16(15)2)24(26,27)14-32-21(35)20-13-23(3,4)34-33-22(20)37(36,31-5)19-8-6-7-18(12-19)25(28,29)30/h6-12H,13-14H2,1-5H3,(H,32,35). The van der Waals surface area contributed by atoms with Crippen LogP contribution in [-0.2, 0) is 26.6 Å². The maximum Gasteiger partial charge on any atom is 0.416 e. The van der Waals surface area contributed by atoms with Crippen LogP contribution in [0, 0.1) is 13.8 Å². The third-order valence-corrected chi connectivity index (χ3v) is 8.21. The molecule has 12 heteroatoms. The van der Waals surface area contributed by atoms with Gasteiger partial charge in [0.2, 0.25) is 5.91 Å². The van der Waals surface area contributed by atoms with Gasteiger partial charge in [-0.05, 0) is 63.1 Å². The lowest BCUT2D eigenvalue weighted by atomic mass is 9.95. The van der Waals surface area contributed by atoms with Gasteiger partial charge in [0.25, 0.3) is 5.92 Å².